The molecule has 2 aliphatic carbocycles. The lowest BCUT2D eigenvalue weighted by molar-refractivity contribution is -0.343. The lowest BCUT2D eigenvalue weighted by Crippen LogP contribution is -2.81. The molecule has 2 bridgehead atoms. The molecule has 5 rings (SSSR count). The predicted molar refractivity (Wildman–Crippen MR) is 136 cm³/mol. The van der Waals surface area contributed by atoms with Gasteiger partial charge in [0.05, 0.1) is 29.1 Å². The molecular weight excluding hydrogens is 540 g/mol. The molecule has 3 fully saturated rings. The second-order valence-electron chi connectivity index (χ2n) is 11.9. The van der Waals surface area contributed by atoms with Gasteiger partial charge in [-0.1, -0.05) is 0 Å². The highest BCUT2D eigenvalue weighted by Gasteiger charge is 2.84. The zero-order valence-corrected chi connectivity index (χ0v) is 23.7. The maximum absolute atomic E-state index is 13.2. The number of fused-ring (bicyclic) bond motifs is 1. The van der Waals surface area contributed by atoms with Crippen LogP contribution in [0.4, 0.5) is 0 Å². The van der Waals surface area contributed by atoms with Crippen molar-refractivity contribution in [3.63, 3.8) is 0 Å². The van der Waals surface area contributed by atoms with Crippen molar-refractivity contribution in [2.75, 3.05) is 0 Å². The van der Waals surface area contributed by atoms with E-state index in [4.69, 9.17) is 32.5 Å². The highest BCUT2D eigenvalue weighted by molar-refractivity contribution is 5.87. The Labute approximate surface area is 236 Å². The summed E-state index contributed by atoms with van der Waals surface area (Å²) in [5.41, 5.74) is -6.26. The van der Waals surface area contributed by atoms with E-state index in [1.165, 1.54) is 57.6 Å². The Morgan fingerprint density at radius 3 is 1.88 bits per heavy atom. The van der Waals surface area contributed by atoms with E-state index in [9.17, 15) is 24.3 Å². The van der Waals surface area contributed by atoms with Crippen LogP contribution in [0.2, 0.25) is 0 Å². The highest BCUT2D eigenvalue weighted by Crippen LogP contribution is 2.69. The van der Waals surface area contributed by atoms with E-state index in [1.54, 1.807) is 20.8 Å². The molecule has 12 nitrogen and oxygen atoms in total. The van der Waals surface area contributed by atoms with Gasteiger partial charge in [0.2, 0.25) is 11.5 Å². The first-order chi connectivity index (χ1) is 19.1. The number of hydrogen-bond donors (Lipinski definition) is 1. The maximum atomic E-state index is 13.2. The summed E-state index contributed by atoms with van der Waals surface area (Å²) in [5.74, 6) is -3.68. The van der Waals surface area contributed by atoms with Crippen LogP contribution in [0.1, 0.15) is 75.5 Å². The Morgan fingerprint density at radius 2 is 1.37 bits per heavy atom. The van der Waals surface area contributed by atoms with Crippen LogP contribution in [0.5, 0.6) is 0 Å². The fourth-order valence-corrected chi connectivity index (χ4v) is 7.33. The Bertz CT molecular complexity index is 1330. The number of carbonyl (C=O) groups excluding carboxylic acids is 4. The molecule has 2 aromatic rings. The molecule has 3 heterocycles. The Balaban J connectivity index is 1.69. The van der Waals surface area contributed by atoms with Crippen molar-refractivity contribution in [1.29, 1.82) is 0 Å². The summed E-state index contributed by atoms with van der Waals surface area (Å²) in [6.07, 6.45) is -2.22. The topological polar surface area (TPSA) is 161 Å². The molecule has 2 saturated carbocycles. The van der Waals surface area contributed by atoms with Gasteiger partial charge in [0.25, 0.3) is 0 Å². The molecule has 0 radical (unpaired) electrons. The minimum absolute atomic E-state index is 0.0651. The van der Waals surface area contributed by atoms with Crippen LogP contribution >= 0.6 is 0 Å². The number of rotatable bonds is 6. The van der Waals surface area contributed by atoms with Gasteiger partial charge < -0.3 is 37.6 Å². The van der Waals surface area contributed by atoms with E-state index >= 15 is 0 Å². The predicted octanol–water partition coefficient (Wildman–Crippen LogP) is 3.22. The summed E-state index contributed by atoms with van der Waals surface area (Å²) >= 11 is 0. The van der Waals surface area contributed by atoms with Crippen LogP contribution < -0.4 is 0 Å². The Hall–Kier alpha value is -3.64. The van der Waals surface area contributed by atoms with E-state index in [-0.39, 0.29) is 24.4 Å². The van der Waals surface area contributed by atoms with E-state index in [1.807, 2.05) is 0 Å². The van der Waals surface area contributed by atoms with Crippen molar-refractivity contribution in [2.45, 2.75) is 95.6 Å². The van der Waals surface area contributed by atoms with E-state index < -0.39 is 76.4 Å². The molecule has 2 unspecified atom stereocenters. The molecule has 1 N–H and O–H groups in total. The second-order valence-corrected chi connectivity index (χ2v) is 11.9. The van der Waals surface area contributed by atoms with E-state index in [0.717, 1.165) is 0 Å². The molecule has 2 aromatic heterocycles. The van der Waals surface area contributed by atoms with Crippen molar-refractivity contribution >= 4 is 23.9 Å². The fourth-order valence-electron chi connectivity index (χ4n) is 7.33. The van der Waals surface area contributed by atoms with Crippen molar-refractivity contribution in [2.24, 2.45) is 11.3 Å². The number of hydrogen-bond acceptors (Lipinski definition) is 12. The van der Waals surface area contributed by atoms with Gasteiger partial charge in [-0.25, -0.2) is 9.59 Å². The van der Waals surface area contributed by atoms with E-state index in [0.29, 0.717) is 0 Å². The van der Waals surface area contributed by atoms with Crippen molar-refractivity contribution in [3.8, 4) is 0 Å². The summed E-state index contributed by atoms with van der Waals surface area (Å²) in [4.78, 5) is 51.3. The number of aliphatic hydroxyl groups is 1. The minimum atomic E-state index is -1.87. The Kier molecular flexibility index (Phi) is 6.85. The molecule has 1 spiro atoms. The first-order valence-electron chi connectivity index (χ1n) is 13.4. The number of carbonyl (C=O) groups is 4. The third-order valence-electron chi connectivity index (χ3n) is 8.89. The highest BCUT2D eigenvalue weighted by atomic mass is 16.6. The van der Waals surface area contributed by atoms with Gasteiger partial charge >= 0.3 is 23.9 Å². The number of esters is 4. The van der Waals surface area contributed by atoms with Crippen LogP contribution in [0.25, 0.3) is 0 Å². The third-order valence-corrected chi connectivity index (χ3v) is 8.89. The summed E-state index contributed by atoms with van der Waals surface area (Å²) in [6, 6.07) is 5.89. The van der Waals surface area contributed by atoms with Crippen LogP contribution in [0, 0.1) is 11.3 Å². The molecule has 222 valence electrons. The lowest BCUT2D eigenvalue weighted by atomic mass is 9.47. The van der Waals surface area contributed by atoms with Crippen LogP contribution in [0.3, 0.4) is 0 Å². The summed E-state index contributed by atoms with van der Waals surface area (Å²) < 4.78 is 40.8. The first-order valence-corrected chi connectivity index (χ1v) is 13.4. The normalized spacial score (nSPS) is 37.0. The molecule has 41 heavy (non-hydrogen) atoms. The number of ether oxygens (including phenoxy) is 5. The van der Waals surface area contributed by atoms with Gasteiger partial charge in [-0.2, -0.15) is 0 Å². The molecule has 8 atom stereocenters. The first kappa shape index (κ1) is 28.9. The minimum Gasteiger partial charge on any atom is -0.459 e. The smallest absolute Gasteiger partial charge is 0.374 e. The van der Waals surface area contributed by atoms with Gasteiger partial charge in [0.15, 0.2) is 6.10 Å². The fraction of sp³-hybridized carbons (Fsp3) is 0.586. The summed E-state index contributed by atoms with van der Waals surface area (Å²) in [5, 5.41) is 12.3. The van der Waals surface area contributed by atoms with Gasteiger partial charge in [-0.3, -0.25) is 9.59 Å². The molecule has 0 amide bonds. The molecule has 3 aliphatic rings. The quantitative estimate of drug-likeness (QED) is 0.397. The standard InChI is InChI=1S/C29H34O12/c1-15(30)37-22-17-13-21(40-25(33)19-10-8-12-36-19)28(6)23(38-16(2)31)20(39-24(32)18-9-7-11-35-18)14-27(5,34)29(22,28)41-26(17,3)4/h7-12,17,20-23,34H,13-14H2,1-6H3/t17?,20-,21-,22+,23-,27-,28+,29?/m0/s1. The van der Waals surface area contributed by atoms with Gasteiger partial charge in [0, 0.05) is 26.2 Å². The number of furan rings is 2. The largest absolute Gasteiger partial charge is 0.459 e. The summed E-state index contributed by atoms with van der Waals surface area (Å²) in [7, 11) is 0. The van der Waals surface area contributed by atoms with Crippen LogP contribution in [0.15, 0.2) is 45.6 Å². The second kappa shape index (κ2) is 9.73. The summed E-state index contributed by atoms with van der Waals surface area (Å²) in [6.45, 7) is 9.12. The van der Waals surface area contributed by atoms with Gasteiger partial charge in [0.1, 0.15) is 23.9 Å². The maximum Gasteiger partial charge on any atom is 0.374 e. The monoisotopic (exact) mass is 574 g/mol. The van der Waals surface area contributed by atoms with Crippen molar-refractivity contribution in [3.05, 3.63) is 48.3 Å². The van der Waals surface area contributed by atoms with Crippen LogP contribution in [-0.2, 0) is 33.3 Å². The molecule has 0 aromatic carbocycles. The lowest BCUT2D eigenvalue weighted by Gasteiger charge is -2.65. The van der Waals surface area contributed by atoms with E-state index in [2.05, 4.69) is 0 Å². The zero-order valence-electron chi connectivity index (χ0n) is 23.7. The van der Waals surface area contributed by atoms with Crippen molar-refractivity contribution in [1.82, 2.24) is 0 Å². The zero-order chi connectivity index (χ0) is 30.0. The molecular formula is C29H34O12. The van der Waals surface area contributed by atoms with Crippen molar-refractivity contribution < 1.29 is 56.8 Å². The molecule has 1 aliphatic heterocycles. The Morgan fingerprint density at radius 1 is 0.829 bits per heavy atom. The molecule has 12 heteroatoms. The SMILES string of the molecule is CC(=O)O[C@@H]1C2C[C@H](OC(=O)c3ccco3)[C@]3(C)[C@@H](OC(C)=O)[C@@H](OC(=O)c4ccco4)C[C@](C)(O)C13OC2(C)C. The third kappa shape index (κ3) is 4.35. The average molecular weight is 575 g/mol. The van der Waals surface area contributed by atoms with Gasteiger partial charge in [-0.15, -0.1) is 0 Å². The molecule has 1 saturated heterocycles. The average Bonchev–Trinajstić information content (AvgIpc) is 3.61. The van der Waals surface area contributed by atoms with Crippen LogP contribution in [-0.4, -0.2) is 70.2 Å². The van der Waals surface area contributed by atoms with Gasteiger partial charge in [-0.05, 0) is 58.4 Å².